The Hall–Kier alpha value is -2.04. The van der Waals surface area contributed by atoms with E-state index in [2.05, 4.69) is 45.7 Å². The second kappa shape index (κ2) is 5.15. The highest BCUT2D eigenvalue weighted by Crippen LogP contribution is 2.19. The molecule has 1 aliphatic heterocycles. The zero-order valence-corrected chi connectivity index (χ0v) is 11.9. The number of hydrogen-bond donors (Lipinski definition) is 5. The van der Waals surface area contributed by atoms with Crippen LogP contribution >= 0.6 is 0 Å². The quantitative estimate of drug-likeness (QED) is 0.432. The number of guanidine groups is 2. The molecule has 0 radical (unpaired) electrons. The van der Waals surface area contributed by atoms with Gasteiger partial charge in [0, 0.05) is 12.8 Å². The zero-order chi connectivity index (χ0) is 14.0. The highest BCUT2D eigenvalue weighted by Gasteiger charge is 2.38. The van der Waals surface area contributed by atoms with Gasteiger partial charge in [0.2, 0.25) is 5.66 Å². The summed E-state index contributed by atoms with van der Waals surface area (Å²) in [4.78, 5) is 6.92. The second-order valence-electron chi connectivity index (χ2n) is 5.80. The van der Waals surface area contributed by atoms with E-state index in [1.807, 2.05) is 6.07 Å². The van der Waals surface area contributed by atoms with Gasteiger partial charge < -0.3 is 0 Å². The van der Waals surface area contributed by atoms with Crippen LogP contribution in [0.15, 0.2) is 24.3 Å². The average molecular weight is 273 g/mol. The lowest BCUT2D eigenvalue weighted by Crippen LogP contribution is -3.15. The third-order valence-corrected chi connectivity index (χ3v) is 3.99. The molecule has 2 aliphatic rings. The first-order valence-electron chi connectivity index (χ1n) is 7.32. The van der Waals surface area contributed by atoms with Gasteiger partial charge in [0.15, 0.2) is 0 Å². The van der Waals surface area contributed by atoms with Crippen molar-refractivity contribution in [3.05, 3.63) is 29.8 Å². The minimum absolute atomic E-state index is 0.0975. The average Bonchev–Trinajstić information content (AvgIpc) is 2.38. The number of aryl methyl sites for hydroxylation is 1. The number of benzene rings is 1. The van der Waals surface area contributed by atoms with Crippen LogP contribution in [0.2, 0.25) is 0 Å². The Morgan fingerprint density at radius 1 is 1.20 bits per heavy atom. The minimum atomic E-state index is -0.0975. The van der Waals surface area contributed by atoms with Gasteiger partial charge in [-0.2, -0.15) is 5.32 Å². The molecule has 0 amide bonds. The van der Waals surface area contributed by atoms with E-state index < -0.39 is 0 Å². The molecule has 0 saturated heterocycles. The van der Waals surface area contributed by atoms with Crippen LogP contribution in [-0.4, -0.2) is 17.6 Å². The smallest absolute Gasteiger partial charge is 0.290 e. The maximum Gasteiger partial charge on any atom is 0.360 e. The van der Waals surface area contributed by atoms with Crippen LogP contribution in [-0.2, 0) is 0 Å². The number of anilines is 1. The van der Waals surface area contributed by atoms with E-state index >= 15 is 0 Å². The number of hydrogen-bond acceptors (Lipinski definition) is 3. The largest absolute Gasteiger partial charge is 0.360 e. The Labute approximate surface area is 119 Å². The van der Waals surface area contributed by atoms with Crippen molar-refractivity contribution in [1.29, 1.82) is 0 Å². The molecule has 1 spiro atoms. The van der Waals surface area contributed by atoms with E-state index in [1.165, 1.54) is 24.8 Å². The van der Waals surface area contributed by atoms with Crippen molar-refractivity contribution >= 4 is 17.6 Å². The van der Waals surface area contributed by atoms with Crippen LogP contribution in [0.4, 0.5) is 5.69 Å². The first kappa shape index (κ1) is 13.0. The van der Waals surface area contributed by atoms with Crippen molar-refractivity contribution in [2.24, 2.45) is 5.73 Å². The third-order valence-electron chi connectivity index (χ3n) is 3.99. The summed E-state index contributed by atoms with van der Waals surface area (Å²) in [5, 5.41) is 6.51. The van der Waals surface area contributed by atoms with Crippen molar-refractivity contribution in [1.82, 2.24) is 5.32 Å². The van der Waals surface area contributed by atoms with E-state index in [0.717, 1.165) is 24.5 Å². The summed E-state index contributed by atoms with van der Waals surface area (Å²) in [6, 6.07) is 8.29. The summed E-state index contributed by atoms with van der Waals surface area (Å²) < 4.78 is 0. The Morgan fingerprint density at radius 3 is 2.75 bits per heavy atom. The van der Waals surface area contributed by atoms with Crippen molar-refractivity contribution in [3.63, 3.8) is 0 Å². The lowest BCUT2D eigenvalue weighted by molar-refractivity contribution is -0.803. The van der Waals surface area contributed by atoms with Crippen LogP contribution in [0.3, 0.4) is 0 Å². The van der Waals surface area contributed by atoms with Crippen LogP contribution in [0.1, 0.15) is 37.7 Å². The number of nitrogens with two attached hydrogens (primary N) is 1. The Balaban J connectivity index is 1.82. The van der Waals surface area contributed by atoms with Gasteiger partial charge in [-0.1, -0.05) is 18.6 Å². The molecule has 1 saturated carbocycles. The van der Waals surface area contributed by atoms with Crippen LogP contribution in [0.25, 0.3) is 0 Å². The molecular formula is C15H23N5+2. The Morgan fingerprint density at radius 2 is 2.00 bits per heavy atom. The normalized spacial score (nSPS) is 20.9. The molecule has 5 nitrogen and oxygen atoms in total. The van der Waals surface area contributed by atoms with Gasteiger partial charge in [-0.25, -0.2) is 15.3 Å². The van der Waals surface area contributed by atoms with Crippen LogP contribution in [0, 0.1) is 6.92 Å². The van der Waals surface area contributed by atoms with Gasteiger partial charge in [0.1, 0.15) is 0 Å². The SMILES string of the molecule is Cc1cccc(NC2=[NH+]C3(CCCCC3)[NH+]=C(N)N2)c1. The Bertz CT molecular complexity index is 555. The number of nitrogens with one attached hydrogen (secondary N) is 4. The fourth-order valence-corrected chi connectivity index (χ4v) is 3.06. The van der Waals surface area contributed by atoms with E-state index in [9.17, 15) is 0 Å². The molecule has 1 fully saturated rings. The summed E-state index contributed by atoms with van der Waals surface area (Å²) >= 11 is 0. The van der Waals surface area contributed by atoms with Crippen LogP contribution in [0.5, 0.6) is 0 Å². The monoisotopic (exact) mass is 273 g/mol. The van der Waals surface area contributed by atoms with E-state index in [1.54, 1.807) is 0 Å². The van der Waals surface area contributed by atoms with Gasteiger partial charge in [-0.05, 0) is 37.5 Å². The predicted octanol–water partition coefficient (Wildman–Crippen LogP) is -1.50. The molecule has 1 aromatic rings. The highest BCUT2D eigenvalue weighted by molar-refractivity contribution is 6.00. The highest BCUT2D eigenvalue weighted by atomic mass is 15.3. The molecule has 106 valence electrons. The molecule has 0 unspecified atom stereocenters. The van der Waals surface area contributed by atoms with Crippen molar-refractivity contribution in [3.8, 4) is 0 Å². The summed E-state index contributed by atoms with van der Waals surface area (Å²) in [6.45, 7) is 2.09. The summed E-state index contributed by atoms with van der Waals surface area (Å²) in [5.74, 6) is 1.47. The first-order chi connectivity index (χ1) is 9.65. The van der Waals surface area contributed by atoms with Crippen molar-refractivity contribution in [2.45, 2.75) is 44.7 Å². The van der Waals surface area contributed by atoms with Crippen LogP contribution < -0.4 is 26.4 Å². The maximum absolute atomic E-state index is 6.01. The van der Waals surface area contributed by atoms with Gasteiger partial charge in [0.25, 0.3) is 0 Å². The van der Waals surface area contributed by atoms with E-state index in [0.29, 0.717) is 5.96 Å². The predicted molar refractivity (Wildman–Crippen MR) is 79.9 cm³/mol. The molecule has 6 N–H and O–H groups in total. The van der Waals surface area contributed by atoms with E-state index in [-0.39, 0.29) is 5.66 Å². The Kier molecular flexibility index (Phi) is 3.34. The van der Waals surface area contributed by atoms with E-state index in [4.69, 9.17) is 5.73 Å². The molecule has 0 atom stereocenters. The summed E-state index contributed by atoms with van der Waals surface area (Å²) in [6.07, 6.45) is 5.94. The van der Waals surface area contributed by atoms with Crippen molar-refractivity contribution in [2.75, 3.05) is 5.32 Å². The topological polar surface area (TPSA) is 78.0 Å². The van der Waals surface area contributed by atoms with Gasteiger partial charge in [-0.15, -0.1) is 0 Å². The molecule has 3 rings (SSSR count). The maximum atomic E-state index is 6.01. The molecule has 0 bridgehead atoms. The lowest BCUT2D eigenvalue weighted by Gasteiger charge is -2.30. The first-order valence-corrected chi connectivity index (χ1v) is 7.32. The van der Waals surface area contributed by atoms with Gasteiger partial charge in [-0.3, -0.25) is 5.73 Å². The molecule has 1 heterocycles. The zero-order valence-electron chi connectivity index (χ0n) is 11.9. The standard InChI is InChI=1S/C15H21N5/c1-11-6-5-7-12(10-11)17-14-18-13(16)19-15(20-14)8-3-2-4-9-15/h5-7,10H,2-4,8-9H2,1H3,(H4,16,17,18,19,20)/p+2. The second-order valence-corrected chi connectivity index (χ2v) is 5.80. The molecule has 20 heavy (non-hydrogen) atoms. The molecule has 1 aromatic carbocycles. The van der Waals surface area contributed by atoms with Gasteiger partial charge >= 0.3 is 11.9 Å². The fourth-order valence-electron chi connectivity index (χ4n) is 3.06. The van der Waals surface area contributed by atoms with Crippen molar-refractivity contribution < 1.29 is 9.98 Å². The molecule has 0 aromatic heterocycles. The lowest BCUT2D eigenvalue weighted by atomic mass is 9.90. The minimum Gasteiger partial charge on any atom is -0.290 e. The van der Waals surface area contributed by atoms with Gasteiger partial charge in [0.05, 0.1) is 5.69 Å². The molecule has 1 aliphatic carbocycles. The molecule has 5 heteroatoms. The molecular weight excluding hydrogens is 250 g/mol. The number of rotatable bonds is 1. The summed E-state index contributed by atoms with van der Waals surface area (Å²) in [5.41, 5.74) is 8.20. The summed E-state index contributed by atoms with van der Waals surface area (Å²) in [7, 11) is 0. The fraction of sp³-hybridized carbons (Fsp3) is 0.467. The third kappa shape index (κ3) is 2.76.